The maximum atomic E-state index is 11.5. The fourth-order valence-corrected chi connectivity index (χ4v) is 0.715. The van der Waals surface area contributed by atoms with E-state index in [0.29, 0.717) is 0 Å². The van der Waals surface area contributed by atoms with Gasteiger partial charge in [0, 0.05) is 23.6 Å². The van der Waals surface area contributed by atoms with Gasteiger partial charge in [-0.25, -0.2) is 0 Å². The third kappa shape index (κ3) is 5.46. The van der Waals surface area contributed by atoms with E-state index >= 15 is 0 Å². The van der Waals surface area contributed by atoms with Gasteiger partial charge in [0.15, 0.2) is 0 Å². The molecule has 13 heavy (non-hydrogen) atoms. The molecular formula is C4H7F3NiO4S. The fraction of sp³-hybridized carbons (Fsp3) is 1.00. The van der Waals surface area contributed by atoms with Gasteiger partial charge in [0.1, 0.15) is 0 Å². The minimum atomic E-state index is -5.45. The summed E-state index contributed by atoms with van der Waals surface area (Å²) in [5, 5.41) is 0. The fourth-order valence-electron chi connectivity index (χ4n) is 0.294. The van der Waals surface area contributed by atoms with Crippen molar-refractivity contribution in [3.63, 3.8) is 0 Å². The van der Waals surface area contributed by atoms with Crippen molar-refractivity contribution in [3.8, 4) is 0 Å². The van der Waals surface area contributed by atoms with Gasteiger partial charge in [0.25, 0.3) is 0 Å². The Kier molecular flexibility index (Phi) is 6.96. The van der Waals surface area contributed by atoms with Crippen LogP contribution in [-0.2, 0) is 35.5 Å². The molecule has 0 radical (unpaired) electrons. The van der Waals surface area contributed by atoms with E-state index in [4.69, 9.17) is 0 Å². The standard InChI is InChI=1S/C4H7F3O4S.Ni/c1-10-2-3-11-12(8,9)4(5,6)7;/h2-3H2,1H3;. The van der Waals surface area contributed by atoms with Crippen LogP contribution in [0.5, 0.6) is 0 Å². The maximum Gasteiger partial charge on any atom is 0.523 e. The molecule has 0 aliphatic heterocycles. The Morgan fingerprint density at radius 2 is 1.69 bits per heavy atom. The van der Waals surface area contributed by atoms with Crippen molar-refractivity contribution < 1.29 is 47.0 Å². The Morgan fingerprint density at radius 3 is 2.00 bits per heavy atom. The van der Waals surface area contributed by atoms with Crippen LogP contribution in [0.15, 0.2) is 0 Å². The largest absolute Gasteiger partial charge is 0.523 e. The van der Waals surface area contributed by atoms with Crippen molar-refractivity contribution in [1.82, 2.24) is 0 Å². The molecule has 0 saturated heterocycles. The second-order valence-electron chi connectivity index (χ2n) is 1.71. The summed E-state index contributed by atoms with van der Waals surface area (Å²) in [4.78, 5) is 0. The molecule has 9 heteroatoms. The molecule has 0 fully saturated rings. The minimum Gasteiger partial charge on any atom is -0.382 e. The summed E-state index contributed by atoms with van der Waals surface area (Å²) in [7, 11) is -4.24. The average molecular weight is 267 g/mol. The van der Waals surface area contributed by atoms with E-state index in [1.165, 1.54) is 7.11 Å². The predicted molar refractivity (Wildman–Crippen MR) is 32.8 cm³/mol. The van der Waals surface area contributed by atoms with Gasteiger partial charge in [0.2, 0.25) is 0 Å². The van der Waals surface area contributed by atoms with Crippen molar-refractivity contribution in [2.24, 2.45) is 0 Å². The summed E-state index contributed by atoms with van der Waals surface area (Å²) >= 11 is 0. The summed E-state index contributed by atoms with van der Waals surface area (Å²) in [5.41, 5.74) is -5.36. The summed E-state index contributed by atoms with van der Waals surface area (Å²) in [6.45, 7) is -0.854. The van der Waals surface area contributed by atoms with Crippen molar-refractivity contribution in [2.75, 3.05) is 20.3 Å². The first kappa shape index (κ1) is 15.6. The van der Waals surface area contributed by atoms with E-state index in [-0.39, 0.29) is 23.1 Å². The third-order valence-corrected chi connectivity index (χ3v) is 1.85. The molecule has 0 aromatic rings. The van der Waals surface area contributed by atoms with Crippen LogP contribution in [0.25, 0.3) is 0 Å². The first-order chi connectivity index (χ1) is 5.31. The molecule has 0 aliphatic rings. The van der Waals surface area contributed by atoms with Gasteiger partial charge < -0.3 is 4.74 Å². The Hall–Kier alpha value is 0.154. The third-order valence-electron chi connectivity index (χ3n) is 0.809. The number of ether oxygens (including phenoxy) is 1. The Balaban J connectivity index is 0. The quantitative estimate of drug-likeness (QED) is 0.322. The molecule has 0 heterocycles. The molecule has 0 bridgehead atoms. The van der Waals surface area contributed by atoms with Gasteiger partial charge in [-0.1, -0.05) is 0 Å². The first-order valence-electron chi connectivity index (χ1n) is 2.76. The Labute approximate surface area is 83.4 Å². The molecule has 84 valence electrons. The predicted octanol–water partition coefficient (Wildman–Crippen LogP) is 0.497. The summed E-state index contributed by atoms with van der Waals surface area (Å²) in [5.74, 6) is 0. The van der Waals surface area contributed by atoms with Crippen molar-refractivity contribution in [2.45, 2.75) is 5.51 Å². The molecule has 0 saturated carbocycles. The van der Waals surface area contributed by atoms with E-state index in [9.17, 15) is 21.6 Å². The molecule has 0 N–H and O–H groups in total. The SMILES string of the molecule is COCCOS(=O)(=O)C(F)(F)F.[Ni]. The number of hydrogen-bond acceptors (Lipinski definition) is 4. The summed E-state index contributed by atoms with van der Waals surface area (Å²) in [6.07, 6.45) is 0. The zero-order chi connectivity index (χ0) is 9.83. The molecule has 0 amide bonds. The second kappa shape index (κ2) is 5.79. The molecule has 4 nitrogen and oxygen atoms in total. The monoisotopic (exact) mass is 266 g/mol. The van der Waals surface area contributed by atoms with Gasteiger partial charge in [-0.3, -0.25) is 4.18 Å². The molecule has 0 unspecified atom stereocenters. The maximum absolute atomic E-state index is 11.5. The van der Waals surface area contributed by atoms with Gasteiger partial charge in [-0.05, 0) is 0 Å². The zero-order valence-corrected chi connectivity index (χ0v) is 8.21. The normalized spacial score (nSPS) is 12.3. The van der Waals surface area contributed by atoms with Crippen LogP contribution >= 0.6 is 0 Å². The summed E-state index contributed by atoms with van der Waals surface area (Å²) in [6, 6.07) is 0. The van der Waals surface area contributed by atoms with Gasteiger partial charge in [-0.2, -0.15) is 21.6 Å². The Morgan fingerprint density at radius 1 is 1.23 bits per heavy atom. The van der Waals surface area contributed by atoms with E-state index in [1.807, 2.05) is 0 Å². The molecule has 0 aromatic heterocycles. The van der Waals surface area contributed by atoms with Gasteiger partial charge in [-0.15, -0.1) is 0 Å². The number of methoxy groups -OCH3 is 1. The number of rotatable bonds is 4. The number of hydrogen-bond donors (Lipinski definition) is 0. The van der Waals surface area contributed by atoms with Crippen LogP contribution in [0.1, 0.15) is 0 Å². The number of alkyl halides is 3. The van der Waals surface area contributed by atoms with Crippen LogP contribution in [0, 0.1) is 0 Å². The Bertz CT molecular complexity index is 224. The molecular weight excluding hydrogens is 260 g/mol. The van der Waals surface area contributed by atoms with Crippen molar-refractivity contribution >= 4 is 10.1 Å². The first-order valence-corrected chi connectivity index (χ1v) is 4.16. The average Bonchev–Trinajstić information content (AvgIpc) is 1.85. The summed E-state index contributed by atoms with van der Waals surface area (Å²) < 4.78 is 62.6. The number of halogens is 3. The van der Waals surface area contributed by atoms with Crippen molar-refractivity contribution in [1.29, 1.82) is 0 Å². The van der Waals surface area contributed by atoms with E-state index < -0.39 is 22.2 Å². The van der Waals surface area contributed by atoms with Crippen LogP contribution in [0.2, 0.25) is 0 Å². The van der Waals surface area contributed by atoms with Crippen LogP contribution in [0.4, 0.5) is 13.2 Å². The van der Waals surface area contributed by atoms with Crippen molar-refractivity contribution in [3.05, 3.63) is 0 Å². The molecule has 0 aliphatic carbocycles. The molecule has 0 atom stereocenters. The van der Waals surface area contributed by atoms with Gasteiger partial charge in [0.05, 0.1) is 13.2 Å². The van der Waals surface area contributed by atoms with Crippen LogP contribution in [0.3, 0.4) is 0 Å². The topological polar surface area (TPSA) is 52.6 Å². The van der Waals surface area contributed by atoms with Crippen LogP contribution < -0.4 is 0 Å². The molecule has 0 rings (SSSR count). The van der Waals surface area contributed by atoms with E-state index in [0.717, 1.165) is 0 Å². The van der Waals surface area contributed by atoms with Crippen LogP contribution in [-0.4, -0.2) is 34.2 Å². The minimum absolute atomic E-state index is 0. The molecule has 0 aromatic carbocycles. The smallest absolute Gasteiger partial charge is 0.382 e. The van der Waals surface area contributed by atoms with Gasteiger partial charge >= 0.3 is 15.6 Å². The zero-order valence-electron chi connectivity index (χ0n) is 6.41. The second-order valence-corrected chi connectivity index (χ2v) is 3.32. The van der Waals surface area contributed by atoms with E-state index in [1.54, 1.807) is 0 Å². The van der Waals surface area contributed by atoms with E-state index in [2.05, 4.69) is 8.92 Å². The molecule has 0 spiro atoms.